The minimum Gasteiger partial charge on any atom is -0.481 e. The van der Waals surface area contributed by atoms with Crippen molar-refractivity contribution in [2.45, 2.75) is 58.2 Å². The maximum absolute atomic E-state index is 14.3. The number of aliphatic carboxylic acids is 1. The van der Waals surface area contributed by atoms with Crippen molar-refractivity contribution >= 4 is 17.6 Å². The van der Waals surface area contributed by atoms with Crippen LogP contribution in [0.25, 0.3) is 0 Å². The molecule has 1 aliphatic carbocycles. The Bertz CT molecular complexity index is 829. The number of likely N-dealkylation sites (tertiary alicyclic amines) is 1. The smallest absolute Gasteiger partial charge is 0.393 e. The molecular weight excluding hydrogens is 416 g/mol. The van der Waals surface area contributed by atoms with Gasteiger partial charge in [-0.15, -0.1) is 0 Å². The van der Waals surface area contributed by atoms with Crippen molar-refractivity contribution in [1.82, 2.24) is 4.90 Å². The number of amides is 1. The summed E-state index contributed by atoms with van der Waals surface area (Å²) in [6.45, 7) is 3.27. The lowest BCUT2D eigenvalue weighted by Gasteiger charge is -2.40. The van der Waals surface area contributed by atoms with E-state index in [9.17, 15) is 27.2 Å². The number of carbonyl (C=O) groups excluding carboxylic acids is 1. The molecule has 1 saturated carbocycles. The molecule has 31 heavy (non-hydrogen) atoms. The first-order valence-corrected chi connectivity index (χ1v) is 10.5. The molecule has 1 aliphatic heterocycles. The number of hydrogen-bond acceptors (Lipinski definition) is 3. The molecule has 2 fully saturated rings. The van der Waals surface area contributed by atoms with E-state index in [0.717, 1.165) is 38.7 Å². The highest BCUT2D eigenvalue weighted by molar-refractivity contribution is 5.95. The molecule has 1 spiro atoms. The van der Waals surface area contributed by atoms with Crippen LogP contribution in [-0.2, 0) is 16.0 Å². The zero-order valence-electron chi connectivity index (χ0n) is 17.6. The van der Waals surface area contributed by atoms with Crippen molar-refractivity contribution in [2.24, 2.45) is 17.3 Å². The van der Waals surface area contributed by atoms with E-state index < -0.39 is 41.7 Å². The number of rotatable bonds is 7. The maximum Gasteiger partial charge on any atom is 0.393 e. The number of halogens is 4. The van der Waals surface area contributed by atoms with Gasteiger partial charge in [-0.2, -0.15) is 13.2 Å². The van der Waals surface area contributed by atoms with Crippen LogP contribution in [0.15, 0.2) is 18.2 Å². The molecule has 1 amide bonds. The molecule has 1 heterocycles. The van der Waals surface area contributed by atoms with Crippen molar-refractivity contribution in [3.63, 3.8) is 0 Å². The Morgan fingerprint density at radius 2 is 1.77 bits per heavy atom. The van der Waals surface area contributed by atoms with E-state index in [1.807, 2.05) is 0 Å². The van der Waals surface area contributed by atoms with Gasteiger partial charge in [0.25, 0.3) is 0 Å². The number of hydrogen-bond donors (Lipinski definition) is 2. The largest absolute Gasteiger partial charge is 0.481 e. The second-order valence-corrected chi connectivity index (χ2v) is 9.06. The standard InChI is InChI=1S/C22H28F4N2O3/c1-13(20(30)31)11-15-3-4-16(23)17(12-15)27-19(29)18(14(2)22(24,25)26)28-9-7-21(5-6-21)8-10-28/h3-4,12-14,18H,5-11H2,1-2H3,(H,27,29)(H,30,31)/t13-,14+,18+/m0/s1. The van der Waals surface area contributed by atoms with Crippen LogP contribution < -0.4 is 5.32 Å². The first-order valence-electron chi connectivity index (χ1n) is 10.5. The Hall–Kier alpha value is -2.16. The normalized spacial score (nSPS) is 21.4. The van der Waals surface area contributed by atoms with Crippen LogP contribution in [0.3, 0.4) is 0 Å². The van der Waals surface area contributed by atoms with Crippen LogP contribution in [0, 0.1) is 23.1 Å². The van der Waals surface area contributed by atoms with Crippen LogP contribution >= 0.6 is 0 Å². The van der Waals surface area contributed by atoms with Crippen LogP contribution in [0.5, 0.6) is 0 Å². The monoisotopic (exact) mass is 444 g/mol. The van der Waals surface area contributed by atoms with Gasteiger partial charge in [-0.05, 0) is 68.3 Å². The molecule has 0 aromatic heterocycles. The zero-order chi connectivity index (χ0) is 23.0. The molecule has 5 nitrogen and oxygen atoms in total. The number of alkyl halides is 3. The molecule has 2 N–H and O–H groups in total. The van der Waals surface area contributed by atoms with Crippen molar-refractivity contribution in [3.05, 3.63) is 29.6 Å². The first-order chi connectivity index (χ1) is 14.4. The van der Waals surface area contributed by atoms with Gasteiger partial charge in [0.1, 0.15) is 11.9 Å². The third-order valence-corrected chi connectivity index (χ3v) is 6.72. The summed E-state index contributed by atoms with van der Waals surface area (Å²) in [5.74, 6) is -5.35. The molecular formula is C22H28F4N2O3. The second kappa shape index (κ2) is 8.76. The molecule has 3 atom stereocenters. The predicted octanol–water partition coefficient (Wildman–Crippen LogP) is 4.47. The maximum atomic E-state index is 14.3. The van der Waals surface area contributed by atoms with E-state index in [0.29, 0.717) is 18.7 Å². The fraction of sp³-hybridized carbons (Fsp3) is 0.636. The Labute approximate surface area is 178 Å². The number of nitrogens with zero attached hydrogens (tertiary/aromatic N) is 1. The predicted molar refractivity (Wildman–Crippen MR) is 107 cm³/mol. The van der Waals surface area contributed by atoms with Crippen LogP contribution in [0.2, 0.25) is 0 Å². The van der Waals surface area contributed by atoms with Gasteiger partial charge in [-0.1, -0.05) is 19.9 Å². The van der Waals surface area contributed by atoms with Gasteiger partial charge in [-0.3, -0.25) is 14.5 Å². The average Bonchev–Trinajstić information content (AvgIpc) is 3.44. The minimum atomic E-state index is -4.58. The van der Waals surface area contributed by atoms with Gasteiger partial charge in [-0.25, -0.2) is 4.39 Å². The average molecular weight is 444 g/mol. The third kappa shape index (κ3) is 5.56. The number of nitrogens with one attached hydrogen (secondary N) is 1. The number of anilines is 1. The summed E-state index contributed by atoms with van der Waals surface area (Å²) in [6.07, 6.45) is -0.780. The Balaban J connectivity index is 1.79. The van der Waals surface area contributed by atoms with Crippen molar-refractivity contribution in [2.75, 3.05) is 18.4 Å². The van der Waals surface area contributed by atoms with E-state index >= 15 is 0 Å². The second-order valence-electron chi connectivity index (χ2n) is 9.06. The topological polar surface area (TPSA) is 69.6 Å². The van der Waals surface area contributed by atoms with Crippen molar-refractivity contribution in [3.8, 4) is 0 Å². The van der Waals surface area contributed by atoms with Crippen LogP contribution in [-0.4, -0.2) is 47.2 Å². The molecule has 0 bridgehead atoms. The van der Waals surface area contributed by atoms with Crippen molar-refractivity contribution in [1.29, 1.82) is 0 Å². The van der Waals surface area contributed by atoms with E-state index in [2.05, 4.69) is 5.32 Å². The van der Waals surface area contributed by atoms with Crippen LogP contribution in [0.1, 0.15) is 45.1 Å². The minimum absolute atomic E-state index is 0.106. The number of piperidine rings is 1. The quantitative estimate of drug-likeness (QED) is 0.609. The molecule has 1 aromatic carbocycles. The lowest BCUT2D eigenvalue weighted by molar-refractivity contribution is -0.189. The summed E-state index contributed by atoms with van der Waals surface area (Å²) >= 11 is 0. The van der Waals surface area contributed by atoms with E-state index in [-0.39, 0.29) is 17.5 Å². The molecule has 172 valence electrons. The molecule has 1 aromatic rings. The zero-order valence-corrected chi connectivity index (χ0v) is 17.6. The highest BCUT2D eigenvalue weighted by Gasteiger charge is 2.50. The number of carbonyl (C=O) groups is 2. The SMILES string of the molecule is C[C@H]([C@H](C(=O)Nc1cc(C[C@H](C)C(=O)O)ccc1F)N1CCC2(CC1)CC2)C(F)(F)F. The Morgan fingerprint density at radius 3 is 2.29 bits per heavy atom. The van der Waals surface area contributed by atoms with E-state index in [1.54, 1.807) is 4.90 Å². The highest BCUT2D eigenvalue weighted by Crippen LogP contribution is 2.54. The van der Waals surface area contributed by atoms with Gasteiger partial charge in [0.05, 0.1) is 17.5 Å². The third-order valence-electron chi connectivity index (χ3n) is 6.72. The summed E-state index contributed by atoms with van der Waals surface area (Å²) in [5, 5.41) is 11.4. The van der Waals surface area contributed by atoms with E-state index in [4.69, 9.17) is 5.11 Å². The number of carboxylic acid groups (broad SMARTS) is 1. The van der Waals surface area contributed by atoms with Gasteiger partial charge in [0.2, 0.25) is 5.91 Å². The van der Waals surface area contributed by atoms with Gasteiger partial charge in [0, 0.05) is 0 Å². The van der Waals surface area contributed by atoms with Crippen molar-refractivity contribution < 1.29 is 32.3 Å². The fourth-order valence-electron chi connectivity index (χ4n) is 4.28. The van der Waals surface area contributed by atoms with Gasteiger partial charge in [0.15, 0.2) is 0 Å². The summed E-state index contributed by atoms with van der Waals surface area (Å²) in [6, 6.07) is 2.31. The summed E-state index contributed by atoms with van der Waals surface area (Å²) < 4.78 is 54.9. The molecule has 0 radical (unpaired) electrons. The van der Waals surface area contributed by atoms with E-state index in [1.165, 1.54) is 19.1 Å². The first kappa shape index (κ1) is 23.5. The Kier molecular flexibility index (Phi) is 6.64. The highest BCUT2D eigenvalue weighted by atomic mass is 19.4. The fourth-order valence-corrected chi connectivity index (χ4v) is 4.28. The lowest BCUT2D eigenvalue weighted by atomic mass is 9.90. The molecule has 0 unspecified atom stereocenters. The molecule has 3 rings (SSSR count). The summed E-state index contributed by atoms with van der Waals surface area (Å²) in [5.41, 5.74) is 0.469. The summed E-state index contributed by atoms with van der Waals surface area (Å²) in [4.78, 5) is 25.6. The van der Waals surface area contributed by atoms with Gasteiger partial charge >= 0.3 is 12.1 Å². The number of benzene rings is 1. The Morgan fingerprint density at radius 1 is 1.16 bits per heavy atom. The molecule has 1 saturated heterocycles. The summed E-state index contributed by atoms with van der Waals surface area (Å²) in [7, 11) is 0. The molecule has 9 heteroatoms. The van der Waals surface area contributed by atoms with Crippen LogP contribution in [0.4, 0.5) is 23.2 Å². The number of carboxylic acids is 1. The lowest BCUT2D eigenvalue weighted by Crippen LogP contribution is -2.54. The molecule has 2 aliphatic rings. The van der Waals surface area contributed by atoms with Gasteiger partial charge < -0.3 is 10.4 Å².